The molecule has 2 aliphatic rings. The number of furan rings is 1. The first kappa shape index (κ1) is 16.7. The Morgan fingerprint density at radius 2 is 1.81 bits per heavy atom. The van der Waals surface area contributed by atoms with Crippen LogP contribution in [0.15, 0.2) is 53.1 Å². The molecule has 2 aliphatic heterocycles. The molecular formula is C20H23N3O3. The average molecular weight is 353 g/mol. The Bertz CT molecular complexity index is 752. The Morgan fingerprint density at radius 3 is 2.50 bits per heavy atom. The Hall–Kier alpha value is -2.76. The minimum absolute atomic E-state index is 0.0303. The molecule has 1 aromatic heterocycles. The lowest BCUT2D eigenvalue weighted by molar-refractivity contribution is -0.136. The fourth-order valence-corrected chi connectivity index (χ4v) is 3.76. The number of amides is 2. The van der Waals surface area contributed by atoms with Crippen LogP contribution in [0.3, 0.4) is 0 Å². The van der Waals surface area contributed by atoms with Gasteiger partial charge >= 0.3 is 0 Å². The van der Waals surface area contributed by atoms with Crippen LogP contribution in [-0.2, 0) is 16.1 Å². The third kappa shape index (κ3) is 3.45. The molecular weight excluding hydrogens is 330 g/mol. The summed E-state index contributed by atoms with van der Waals surface area (Å²) in [4.78, 5) is 31.0. The van der Waals surface area contributed by atoms with Crippen LogP contribution in [0.1, 0.15) is 12.2 Å². The van der Waals surface area contributed by atoms with Crippen molar-refractivity contribution >= 4 is 17.5 Å². The predicted molar refractivity (Wildman–Crippen MR) is 97.5 cm³/mol. The summed E-state index contributed by atoms with van der Waals surface area (Å²) in [7, 11) is 0. The van der Waals surface area contributed by atoms with E-state index in [1.807, 2.05) is 35.2 Å². The van der Waals surface area contributed by atoms with Gasteiger partial charge in [-0.25, -0.2) is 0 Å². The quantitative estimate of drug-likeness (QED) is 0.843. The van der Waals surface area contributed by atoms with E-state index in [1.54, 1.807) is 11.2 Å². The number of benzene rings is 1. The topological polar surface area (TPSA) is 57.0 Å². The maximum Gasteiger partial charge on any atom is 0.228 e. The monoisotopic (exact) mass is 353 g/mol. The van der Waals surface area contributed by atoms with Crippen molar-refractivity contribution in [2.75, 3.05) is 37.6 Å². The highest BCUT2D eigenvalue weighted by Crippen LogP contribution is 2.24. The number of carbonyl (C=O) groups excluding carboxylic acids is 2. The highest BCUT2D eigenvalue weighted by atomic mass is 16.3. The largest absolute Gasteiger partial charge is 0.467 e. The molecule has 0 bridgehead atoms. The van der Waals surface area contributed by atoms with Gasteiger partial charge in [0.2, 0.25) is 11.8 Å². The van der Waals surface area contributed by atoms with Gasteiger partial charge in [0.15, 0.2) is 0 Å². The van der Waals surface area contributed by atoms with Crippen molar-refractivity contribution in [3.05, 3.63) is 54.5 Å². The van der Waals surface area contributed by atoms with Crippen LogP contribution in [0.2, 0.25) is 0 Å². The molecule has 1 aromatic carbocycles. The molecule has 6 heteroatoms. The summed E-state index contributed by atoms with van der Waals surface area (Å²) >= 11 is 0. The van der Waals surface area contributed by atoms with Crippen molar-refractivity contribution in [3.8, 4) is 0 Å². The van der Waals surface area contributed by atoms with Gasteiger partial charge in [-0.05, 0) is 24.3 Å². The Kier molecular flexibility index (Phi) is 4.65. The Morgan fingerprint density at radius 1 is 1.04 bits per heavy atom. The number of nitrogens with zero attached hydrogens (tertiary/aromatic N) is 3. The van der Waals surface area contributed by atoms with E-state index in [0.717, 1.165) is 18.8 Å². The average Bonchev–Trinajstić information content (AvgIpc) is 3.32. The second-order valence-corrected chi connectivity index (χ2v) is 6.90. The van der Waals surface area contributed by atoms with Gasteiger partial charge in [0.05, 0.1) is 18.7 Å². The molecule has 0 aliphatic carbocycles. The number of likely N-dealkylation sites (tertiary alicyclic amines) is 1. The van der Waals surface area contributed by atoms with Gasteiger partial charge in [-0.3, -0.25) is 9.59 Å². The minimum atomic E-state index is -0.235. The van der Waals surface area contributed by atoms with E-state index in [-0.39, 0.29) is 17.7 Å². The van der Waals surface area contributed by atoms with Gasteiger partial charge in [0, 0.05) is 44.8 Å². The zero-order valence-electron chi connectivity index (χ0n) is 14.7. The first-order valence-corrected chi connectivity index (χ1v) is 9.09. The standard InChI is InChI=1S/C20H23N3O3/c24-19-13-16(14-23(19)15-18-7-4-12-26-18)20(25)22-10-8-21(9-11-22)17-5-2-1-3-6-17/h1-7,12,16H,8-11,13-15H2/t16-/m0/s1. The molecule has 1 atom stereocenters. The minimum Gasteiger partial charge on any atom is -0.467 e. The molecule has 0 radical (unpaired) electrons. The zero-order valence-corrected chi connectivity index (χ0v) is 14.7. The van der Waals surface area contributed by atoms with E-state index < -0.39 is 0 Å². The van der Waals surface area contributed by atoms with Crippen molar-refractivity contribution in [1.29, 1.82) is 0 Å². The first-order valence-electron chi connectivity index (χ1n) is 9.09. The van der Waals surface area contributed by atoms with Gasteiger partial charge in [-0.15, -0.1) is 0 Å². The van der Waals surface area contributed by atoms with Gasteiger partial charge in [0.1, 0.15) is 5.76 Å². The number of para-hydroxylation sites is 1. The van der Waals surface area contributed by atoms with Crippen molar-refractivity contribution in [2.24, 2.45) is 5.92 Å². The molecule has 0 N–H and O–H groups in total. The van der Waals surface area contributed by atoms with Crippen molar-refractivity contribution in [1.82, 2.24) is 9.80 Å². The fraction of sp³-hybridized carbons (Fsp3) is 0.400. The number of rotatable bonds is 4. The van der Waals surface area contributed by atoms with E-state index in [0.29, 0.717) is 32.6 Å². The lowest BCUT2D eigenvalue weighted by atomic mass is 10.1. The number of carbonyl (C=O) groups is 2. The molecule has 136 valence electrons. The highest BCUT2D eigenvalue weighted by molar-refractivity contribution is 5.89. The van der Waals surface area contributed by atoms with Gasteiger partial charge in [-0.2, -0.15) is 0 Å². The predicted octanol–water partition coefficient (Wildman–Crippen LogP) is 1.98. The summed E-state index contributed by atoms with van der Waals surface area (Å²) in [6.45, 7) is 3.99. The van der Waals surface area contributed by atoms with Crippen LogP contribution in [0.4, 0.5) is 5.69 Å². The molecule has 26 heavy (non-hydrogen) atoms. The molecule has 0 spiro atoms. The number of anilines is 1. The maximum atomic E-state index is 12.8. The van der Waals surface area contributed by atoms with Crippen molar-refractivity contribution < 1.29 is 14.0 Å². The van der Waals surface area contributed by atoms with E-state index in [2.05, 4.69) is 17.0 Å². The normalized spacial score (nSPS) is 20.7. The SMILES string of the molecule is O=C1C[C@H](C(=O)N2CCN(c3ccccc3)CC2)CN1Cc1ccco1. The van der Waals surface area contributed by atoms with Gasteiger partial charge in [-0.1, -0.05) is 18.2 Å². The molecule has 2 amide bonds. The third-order valence-corrected chi connectivity index (χ3v) is 5.20. The maximum absolute atomic E-state index is 12.8. The van der Waals surface area contributed by atoms with Crippen LogP contribution in [-0.4, -0.2) is 54.3 Å². The van der Waals surface area contributed by atoms with E-state index in [9.17, 15) is 9.59 Å². The number of piperazine rings is 1. The number of hydrogen-bond donors (Lipinski definition) is 0. The summed E-state index contributed by atoms with van der Waals surface area (Å²) in [6, 6.07) is 13.9. The van der Waals surface area contributed by atoms with Crippen molar-refractivity contribution in [2.45, 2.75) is 13.0 Å². The molecule has 2 aromatic rings. The van der Waals surface area contributed by atoms with Crippen LogP contribution < -0.4 is 4.90 Å². The molecule has 2 saturated heterocycles. The summed E-state index contributed by atoms with van der Waals surface area (Å²) in [5, 5.41) is 0. The zero-order chi connectivity index (χ0) is 17.9. The lowest BCUT2D eigenvalue weighted by Gasteiger charge is -2.37. The summed E-state index contributed by atoms with van der Waals surface area (Å²) in [5.41, 5.74) is 1.19. The van der Waals surface area contributed by atoms with Gasteiger partial charge < -0.3 is 19.1 Å². The summed E-state index contributed by atoms with van der Waals surface area (Å²) < 4.78 is 5.31. The smallest absolute Gasteiger partial charge is 0.228 e. The van der Waals surface area contributed by atoms with E-state index in [1.165, 1.54) is 5.69 Å². The van der Waals surface area contributed by atoms with Crippen LogP contribution in [0.25, 0.3) is 0 Å². The second-order valence-electron chi connectivity index (χ2n) is 6.90. The van der Waals surface area contributed by atoms with Crippen LogP contribution >= 0.6 is 0 Å². The molecule has 2 fully saturated rings. The molecule has 3 heterocycles. The fourth-order valence-electron chi connectivity index (χ4n) is 3.76. The first-order chi connectivity index (χ1) is 12.7. The molecule has 0 unspecified atom stereocenters. The van der Waals surface area contributed by atoms with Crippen LogP contribution in [0.5, 0.6) is 0 Å². The second kappa shape index (κ2) is 7.23. The molecule has 6 nitrogen and oxygen atoms in total. The third-order valence-electron chi connectivity index (χ3n) is 5.20. The van der Waals surface area contributed by atoms with Crippen molar-refractivity contribution in [3.63, 3.8) is 0 Å². The Labute approximate surface area is 153 Å². The van der Waals surface area contributed by atoms with Gasteiger partial charge in [0.25, 0.3) is 0 Å². The van der Waals surface area contributed by atoms with Crippen LogP contribution in [0, 0.1) is 5.92 Å². The van der Waals surface area contributed by atoms with E-state index in [4.69, 9.17) is 4.42 Å². The molecule has 0 saturated carbocycles. The molecule has 4 rings (SSSR count). The highest BCUT2D eigenvalue weighted by Gasteiger charge is 2.37. The van der Waals surface area contributed by atoms with E-state index >= 15 is 0 Å². The Balaban J connectivity index is 1.32. The summed E-state index contributed by atoms with van der Waals surface area (Å²) in [5.74, 6) is 0.652. The number of hydrogen-bond acceptors (Lipinski definition) is 4. The summed E-state index contributed by atoms with van der Waals surface area (Å²) in [6.07, 6.45) is 1.91. The lowest BCUT2D eigenvalue weighted by Crippen LogP contribution is -2.50.